The Morgan fingerprint density at radius 3 is 2.42 bits per heavy atom. The van der Waals surface area contributed by atoms with Crippen LogP contribution in [-0.4, -0.2) is 26.7 Å². The Hall–Kier alpha value is -2.56. The summed E-state index contributed by atoms with van der Waals surface area (Å²) in [5, 5.41) is 18.4. The van der Waals surface area contributed by atoms with Gasteiger partial charge in [0.1, 0.15) is 11.0 Å². The lowest BCUT2D eigenvalue weighted by Gasteiger charge is -2.07. The van der Waals surface area contributed by atoms with Crippen LogP contribution in [0.25, 0.3) is 16.7 Å². The minimum atomic E-state index is 0.113. The van der Waals surface area contributed by atoms with Crippen molar-refractivity contribution in [2.24, 2.45) is 0 Å². The van der Waals surface area contributed by atoms with Crippen LogP contribution in [0.4, 0.5) is 0 Å². The minimum Gasteiger partial charge on any atom is -0.504 e. The Balaban J connectivity index is 2.08. The Labute approximate surface area is 110 Å². The first-order valence-corrected chi connectivity index (χ1v) is 6.06. The van der Waals surface area contributed by atoms with E-state index in [9.17, 15) is 5.11 Å². The van der Waals surface area contributed by atoms with Gasteiger partial charge in [0.05, 0.1) is 12.3 Å². The fourth-order valence-electron chi connectivity index (χ4n) is 1.87. The highest BCUT2D eigenvalue weighted by Gasteiger charge is 2.08. The maximum atomic E-state index is 9.68. The van der Waals surface area contributed by atoms with Crippen LogP contribution < -0.4 is 4.74 Å². The lowest BCUT2D eigenvalue weighted by atomic mass is 10.3. The normalized spacial score (nSPS) is 10.8. The van der Waals surface area contributed by atoms with Gasteiger partial charge in [0, 0.05) is 6.07 Å². The molecule has 0 saturated heterocycles. The van der Waals surface area contributed by atoms with E-state index in [2.05, 4.69) is 10.2 Å². The molecule has 2 aromatic carbocycles. The second-order valence-corrected chi connectivity index (χ2v) is 4.06. The van der Waals surface area contributed by atoms with E-state index in [0.29, 0.717) is 12.4 Å². The van der Waals surface area contributed by atoms with Crippen LogP contribution in [0.2, 0.25) is 0 Å². The first-order chi connectivity index (χ1) is 9.28. The van der Waals surface area contributed by atoms with Gasteiger partial charge >= 0.3 is 0 Å². The number of rotatable bonds is 3. The molecule has 5 heteroatoms. The Morgan fingerprint density at radius 1 is 1.11 bits per heavy atom. The molecule has 19 heavy (non-hydrogen) atoms. The van der Waals surface area contributed by atoms with Gasteiger partial charge in [-0.1, -0.05) is 12.1 Å². The number of aromatic hydroxyl groups is 1. The molecule has 0 bridgehead atoms. The third-order valence-corrected chi connectivity index (χ3v) is 2.76. The van der Waals surface area contributed by atoms with Gasteiger partial charge in [-0.15, -0.1) is 10.2 Å². The van der Waals surface area contributed by atoms with Crippen LogP contribution in [-0.2, 0) is 0 Å². The molecule has 96 valence electrons. The SMILES string of the molecule is CCOc1cc(-n2nc3ccccc3n2)ccc1O. The van der Waals surface area contributed by atoms with Crippen molar-refractivity contribution in [3.63, 3.8) is 0 Å². The van der Waals surface area contributed by atoms with Crippen molar-refractivity contribution in [2.45, 2.75) is 6.92 Å². The van der Waals surface area contributed by atoms with E-state index in [1.54, 1.807) is 18.2 Å². The van der Waals surface area contributed by atoms with Crippen molar-refractivity contribution in [1.82, 2.24) is 15.0 Å². The third kappa shape index (κ3) is 2.10. The van der Waals surface area contributed by atoms with Crippen LogP contribution in [0.1, 0.15) is 6.92 Å². The topological polar surface area (TPSA) is 60.2 Å². The van der Waals surface area contributed by atoms with Gasteiger partial charge in [-0.25, -0.2) is 0 Å². The molecule has 0 aliphatic heterocycles. The number of benzene rings is 2. The van der Waals surface area contributed by atoms with Gasteiger partial charge in [-0.05, 0) is 31.2 Å². The number of phenolic OH excluding ortho intramolecular Hbond substituents is 1. The number of aromatic nitrogens is 3. The summed E-state index contributed by atoms with van der Waals surface area (Å²) in [5.74, 6) is 0.545. The molecular formula is C14H13N3O2. The molecule has 0 unspecified atom stereocenters. The van der Waals surface area contributed by atoms with Crippen molar-refractivity contribution in [1.29, 1.82) is 0 Å². The molecule has 3 aromatic rings. The molecule has 1 heterocycles. The predicted molar refractivity (Wildman–Crippen MR) is 71.7 cm³/mol. The van der Waals surface area contributed by atoms with Crippen molar-refractivity contribution >= 4 is 11.0 Å². The van der Waals surface area contributed by atoms with Gasteiger partial charge in [0.15, 0.2) is 11.5 Å². The minimum absolute atomic E-state index is 0.113. The van der Waals surface area contributed by atoms with Crippen molar-refractivity contribution in [2.75, 3.05) is 6.61 Å². The molecular weight excluding hydrogens is 242 g/mol. The molecule has 1 N–H and O–H groups in total. The van der Waals surface area contributed by atoms with E-state index in [-0.39, 0.29) is 5.75 Å². The predicted octanol–water partition coefficient (Wildman–Crippen LogP) is 2.52. The summed E-state index contributed by atoms with van der Waals surface area (Å²) in [6.07, 6.45) is 0. The number of ether oxygens (including phenoxy) is 1. The van der Waals surface area contributed by atoms with Gasteiger partial charge in [-0.3, -0.25) is 0 Å². The third-order valence-electron chi connectivity index (χ3n) is 2.76. The average Bonchev–Trinajstić information content (AvgIpc) is 2.85. The lowest BCUT2D eigenvalue weighted by Crippen LogP contribution is -2.00. The van der Waals surface area contributed by atoms with Crippen LogP contribution in [0.15, 0.2) is 42.5 Å². The van der Waals surface area contributed by atoms with E-state index in [0.717, 1.165) is 16.7 Å². The lowest BCUT2D eigenvalue weighted by molar-refractivity contribution is 0.318. The van der Waals surface area contributed by atoms with Crippen molar-refractivity contribution in [3.05, 3.63) is 42.5 Å². The Kier molecular flexibility index (Phi) is 2.79. The summed E-state index contributed by atoms with van der Waals surface area (Å²) < 4.78 is 5.35. The molecule has 0 saturated carbocycles. The molecule has 0 radical (unpaired) electrons. The van der Waals surface area contributed by atoms with Crippen LogP contribution in [0.3, 0.4) is 0 Å². The van der Waals surface area contributed by atoms with E-state index < -0.39 is 0 Å². The average molecular weight is 255 g/mol. The highest BCUT2D eigenvalue weighted by Crippen LogP contribution is 2.28. The second kappa shape index (κ2) is 4.61. The molecule has 3 rings (SSSR count). The second-order valence-electron chi connectivity index (χ2n) is 4.06. The van der Waals surface area contributed by atoms with E-state index in [1.807, 2.05) is 31.2 Å². The summed E-state index contributed by atoms with van der Waals surface area (Å²) in [6.45, 7) is 2.36. The number of fused-ring (bicyclic) bond motifs is 1. The monoisotopic (exact) mass is 255 g/mol. The van der Waals surface area contributed by atoms with Gasteiger partial charge < -0.3 is 9.84 Å². The Morgan fingerprint density at radius 2 is 1.79 bits per heavy atom. The standard InChI is InChI=1S/C14H13N3O2/c1-2-19-14-9-10(7-8-13(14)18)17-15-11-5-3-4-6-12(11)16-17/h3-9,18H,2H2,1H3. The zero-order valence-corrected chi connectivity index (χ0v) is 10.4. The molecule has 0 aliphatic carbocycles. The summed E-state index contributed by atoms with van der Waals surface area (Å²) in [5.41, 5.74) is 2.40. The number of hydrogen-bond donors (Lipinski definition) is 1. The maximum Gasteiger partial charge on any atom is 0.163 e. The highest BCUT2D eigenvalue weighted by atomic mass is 16.5. The van der Waals surface area contributed by atoms with E-state index in [1.165, 1.54) is 4.80 Å². The summed E-state index contributed by atoms with van der Waals surface area (Å²) in [6, 6.07) is 12.7. The Bertz CT molecular complexity index is 689. The zero-order chi connectivity index (χ0) is 13.2. The highest BCUT2D eigenvalue weighted by molar-refractivity contribution is 5.73. The van der Waals surface area contributed by atoms with Crippen molar-refractivity contribution in [3.8, 4) is 17.2 Å². The van der Waals surface area contributed by atoms with E-state index in [4.69, 9.17) is 4.74 Å². The molecule has 0 fully saturated rings. The number of hydrogen-bond acceptors (Lipinski definition) is 4. The van der Waals surface area contributed by atoms with Gasteiger partial charge in [0.25, 0.3) is 0 Å². The largest absolute Gasteiger partial charge is 0.504 e. The quantitative estimate of drug-likeness (QED) is 0.781. The summed E-state index contributed by atoms with van der Waals surface area (Å²) in [7, 11) is 0. The molecule has 5 nitrogen and oxygen atoms in total. The van der Waals surface area contributed by atoms with Gasteiger partial charge in [-0.2, -0.15) is 4.80 Å². The first kappa shape index (κ1) is 11.5. The molecule has 1 aromatic heterocycles. The fraction of sp³-hybridized carbons (Fsp3) is 0.143. The zero-order valence-electron chi connectivity index (χ0n) is 10.4. The fourth-order valence-corrected chi connectivity index (χ4v) is 1.87. The molecule has 0 atom stereocenters. The molecule has 0 aliphatic rings. The summed E-state index contributed by atoms with van der Waals surface area (Å²) in [4.78, 5) is 1.53. The smallest absolute Gasteiger partial charge is 0.163 e. The first-order valence-electron chi connectivity index (χ1n) is 6.06. The van der Waals surface area contributed by atoms with Gasteiger partial charge in [0.2, 0.25) is 0 Å². The maximum absolute atomic E-state index is 9.68. The number of nitrogens with zero attached hydrogens (tertiary/aromatic N) is 3. The number of phenols is 1. The van der Waals surface area contributed by atoms with E-state index >= 15 is 0 Å². The van der Waals surface area contributed by atoms with Crippen LogP contribution >= 0.6 is 0 Å². The van der Waals surface area contributed by atoms with Crippen LogP contribution in [0, 0.1) is 0 Å². The van der Waals surface area contributed by atoms with Crippen LogP contribution in [0.5, 0.6) is 11.5 Å². The molecule has 0 amide bonds. The molecule has 0 spiro atoms. The van der Waals surface area contributed by atoms with Crippen molar-refractivity contribution < 1.29 is 9.84 Å². The summed E-state index contributed by atoms with van der Waals surface area (Å²) >= 11 is 0.